The fourth-order valence-electron chi connectivity index (χ4n) is 1.27. The van der Waals surface area contributed by atoms with Crippen molar-refractivity contribution < 1.29 is 0 Å². The first kappa shape index (κ1) is 8.26. The van der Waals surface area contributed by atoms with Crippen LogP contribution in [0.1, 0.15) is 5.69 Å². The second kappa shape index (κ2) is 2.85. The van der Waals surface area contributed by atoms with Crippen molar-refractivity contribution in [2.75, 3.05) is 0 Å². The summed E-state index contributed by atoms with van der Waals surface area (Å²) in [5.41, 5.74) is 1.39. The van der Waals surface area contributed by atoms with Gasteiger partial charge in [0, 0.05) is 12.4 Å². The predicted octanol–water partition coefficient (Wildman–Crippen LogP) is 1.88. The lowest BCUT2D eigenvalue weighted by molar-refractivity contribution is 1.20. The molecule has 4 heteroatoms. The summed E-state index contributed by atoms with van der Waals surface area (Å²) in [7, 11) is 0. The minimum absolute atomic E-state index is 0.152. The van der Waals surface area contributed by atoms with Gasteiger partial charge in [0.1, 0.15) is 5.02 Å². The van der Waals surface area contributed by atoms with Gasteiger partial charge in [-0.15, -0.1) is 0 Å². The Morgan fingerprint density at radius 3 is 3.08 bits per heavy atom. The van der Waals surface area contributed by atoms with Gasteiger partial charge in [-0.2, -0.15) is 0 Å². The molecule has 0 fully saturated rings. The number of pyridine rings is 2. The molecule has 0 atom stereocenters. The molecule has 1 N–H and O–H groups in total. The molecule has 0 saturated heterocycles. The maximum Gasteiger partial charge on any atom is 0.208 e. The molecule has 2 heterocycles. The maximum atomic E-state index is 11.5. The number of rotatable bonds is 0. The Hall–Kier alpha value is -1.35. The number of aromatic amines is 1. The highest BCUT2D eigenvalue weighted by Crippen LogP contribution is 2.11. The number of nitrogens with zero attached hydrogens (tertiary/aromatic N) is 1. The Bertz CT molecular complexity index is 518. The van der Waals surface area contributed by atoms with E-state index in [1.165, 1.54) is 6.20 Å². The van der Waals surface area contributed by atoms with Crippen LogP contribution in [0, 0.1) is 6.92 Å². The molecule has 2 rings (SSSR count). The summed E-state index contributed by atoms with van der Waals surface area (Å²) in [6.45, 7) is 1.84. The molecule has 13 heavy (non-hydrogen) atoms. The molecule has 2 aromatic heterocycles. The Labute approximate surface area is 79.4 Å². The topological polar surface area (TPSA) is 45.8 Å². The molecule has 0 aliphatic rings. The highest BCUT2D eigenvalue weighted by atomic mass is 35.5. The number of H-pyrrole nitrogens is 1. The fourth-order valence-corrected chi connectivity index (χ4v) is 1.42. The van der Waals surface area contributed by atoms with Gasteiger partial charge in [0.05, 0.1) is 16.6 Å². The lowest BCUT2D eigenvalue weighted by atomic mass is 10.2. The minimum atomic E-state index is -0.152. The smallest absolute Gasteiger partial charge is 0.208 e. The van der Waals surface area contributed by atoms with Gasteiger partial charge in [-0.3, -0.25) is 9.78 Å². The Morgan fingerprint density at radius 2 is 2.31 bits per heavy atom. The molecular formula is C9H7ClN2O. The van der Waals surface area contributed by atoms with Gasteiger partial charge in [-0.1, -0.05) is 11.6 Å². The molecule has 0 radical (unpaired) electrons. The molecule has 2 aromatic rings. The van der Waals surface area contributed by atoms with E-state index in [1.54, 1.807) is 12.3 Å². The SMILES string of the molecule is Cc1nccc2c(=O)c(Cl)c[nH]c12. The number of nitrogens with one attached hydrogen (secondary N) is 1. The zero-order valence-electron chi connectivity index (χ0n) is 6.97. The molecule has 0 aliphatic heterocycles. The molecule has 3 nitrogen and oxygen atoms in total. The molecule has 0 unspecified atom stereocenters. The standard InChI is InChI=1S/C9H7ClN2O/c1-5-8-6(2-3-11-5)9(13)7(10)4-12-8/h2-4H,1H3,(H,12,13). The second-order valence-corrected chi connectivity index (χ2v) is 3.19. The summed E-state index contributed by atoms with van der Waals surface area (Å²) in [6.07, 6.45) is 3.09. The van der Waals surface area contributed by atoms with Gasteiger partial charge in [-0.05, 0) is 13.0 Å². The fraction of sp³-hybridized carbons (Fsp3) is 0.111. The normalized spacial score (nSPS) is 10.6. The van der Waals surface area contributed by atoms with Crippen molar-refractivity contribution in [3.63, 3.8) is 0 Å². The Balaban J connectivity index is 3.03. The van der Waals surface area contributed by atoms with E-state index in [-0.39, 0.29) is 10.5 Å². The van der Waals surface area contributed by atoms with Crippen LogP contribution in [0.15, 0.2) is 23.3 Å². The largest absolute Gasteiger partial charge is 0.358 e. The van der Waals surface area contributed by atoms with Gasteiger partial charge >= 0.3 is 0 Å². The van der Waals surface area contributed by atoms with Crippen molar-refractivity contribution in [1.82, 2.24) is 9.97 Å². The summed E-state index contributed by atoms with van der Waals surface area (Å²) in [4.78, 5) is 18.5. The first-order valence-corrected chi connectivity index (χ1v) is 4.20. The number of fused-ring (bicyclic) bond motifs is 1. The van der Waals surface area contributed by atoms with E-state index in [2.05, 4.69) is 9.97 Å². The zero-order chi connectivity index (χ0) is 9.42. The first-order chi connectivity index (χ1) is 6.20. The van der Waals surface area contributed by atoms with E-state index < -0.39 is 0 Å². The summed E-state index contributed by atoms with van der Waals surface area (Å²) in [5, 5.41) is 0.790. The quantitative estimate of drug-likeness (QED) is 0.696. The summed E-state index contributed by atoms with van der Waals surface area (Å²) in [6, 6.07) is 1.66. The third-order valence-electron chi connectivity index (χ3n) is 1.95. The van der Waals surface area contributed by atoms with Crippen LogP contribution in [0.4, 0.5) is 0 Å². The number of aryl methyl sites for hydroxylation is 1. The number of halogens is 1. The van der Waals surface area contributed by atoms with Gasteiger partial charge < -0.3 is 4.98 Å². The van der Waals surface area contributed by atoms with E-state index in [1.807, 2.05) is 6.92 Å². The highest BCUT2D eigenvalue weighted by molar-refractivity contribution is 6.31. The molecule has 66 valence electrons. The average molecular weight is 195 g/mol. The molecule has 0 amide bonds. The van der Waals surface area contributed by atoms with Crippen LogP contribution in [-0.4, -0.2) is 9.97 Å². The van der Waals surface area contributed by atoms with Gasteiger partial charge in [0.2, 0.25) is 5.43 Å². The van der Waals surface area contributed by atoms with Gasteiger partial charge in [-0.25, -0.2) is 0 Å². The van der Waals surface area contributed by atoms with Crippen molar-refractivity contribution in [3.8, 4) is 0 Å². The van der Waals surface area contributed by atoms with Crippen molar-refractivity contribution in [1.29, 1.82) is 0 Å². The molecule has 0 saturated carbocycles. The molecular weight excluding hydrogens is 188 g/mol. The van der Waals surface area contributed by atoms with Crippen LogP contribution in [0.25, 0.3) is 10.9 Å². The second-order valence-electron chi connectivity index (χ2n) is 2.78. The van der Waals surface area contributed by atoms with E-state index in [4.69, 9.17) is 11.6 Å². The maximum absolute atomic E-state index is 11.5. The number of aromatic nitrogens is 2. The molecule has 0 aliphatic carbocycles. The van der Waals surface area contributed by atoms with Gasteiger partial charge in [0.25, 0.3) is 0 Å². The average Bonchev–Trinajstić information content (AvgIpc) is 2.12. The van der Waals surface area contributed by atoms with Crippen LogP contribution in [0.3, 0.4) is 0 Å². The monoisotopic (exact) mass is 194 g/mol. The third-order valence-corrected chi connectivity index (χ3v) is 2.23. The molecule has 0 bridgehead atoms. The minimum Gasteiger partial charge on any atom is -0.358 e. The van der Waals surface area contributed by atoms with E-state index in [0.717, 1.165) is 11.2 Å². The Morgan fingerprint density at radius 1 is 1.54 bits per heavy atom. The first-order valence-electron chi connectivity index (χ1n) is 3.82. The Kier molecular flexibility index (Phi) is 1.81. The third kappa shape index (κ3) is 1.21. The van der Waals surface area contributed by atoms with Gasteiger partial charge in [0.15, 0.2) is 0 Å². The highest BCUT2D eigenvalue weighted by Gasteiger charge is 2.04. The van der Waals surface area contributed by atoms with Crippen LogP contribution in [0.5, 0.6) is 0 Å². The summed E-state index contributed by atoms with van der Waals surface area (Å²) >= 11 is 5.68. The summed E-state index contributed by atoms with van der Waals surface area (Å²) < 4.78 is 0. The lowest BCUT2D eigenvalue weighted by Gasteiger charge is -1.99. The van der Waals surface area contributed by atoms with Crippen molar-refractivity contribution >= 4 is 22.5 Å². The summed E-state index contributed by atoms with van der Waals surface area (Å²) in [5.74, 6) is 0. The van der Waals surface area contributed by atoms with E-state index in [9.17, 15) is 4.79 Å². The van der Waals surface area contributed by atoms with Crippen LogP contribution in [-0.2, 0) is 0 Å². The molecule has 0 spiro atoms. The zero-order valence-corrected chi connectivity index (χ0v) is 7.72. The van der Waals surface area contributed by atoms with Crippen LogP contribution >= 0.6 is 11.6 Å². The van der Waals surface area contributed by atoms with Crippen molar-refractivity contribution in [2.45, 2.75) is 6.92 Å². The van der Waals surface area contributed by atoms with Crippen LogP contribution < -0.4 is 5.43 Å². The number of hydrogen-bond donors (Lipinski definition) is 1. The molecule has 0 aromatic carbocycles. The van der Waals surface area contributed by atoms with Crippen LogP contribution in [0.2, 0.25) is 5.02 Å². The lowest BCUT2D eigenvalue weighted by Crippen LogP contribution is -2.04. The predicted molar refractivity (Wildman–Crippen MR) is 52.1 cm³/mol. The van der Waals surface area contributed by atoms with E-state index in [0.29, 0.717) is 5.39 Å². The van der Waals surface area contributed by atoms with E-state index >= 15 is 0 Å². The number of hydrogen-bond acceptors (Lipinski definition) is 2. The van der Waals surface area contributed by atoms with Crippen molar-refractivity contribution in [3.05, 3.63) is 39.4 Å². The van der Waals surface area contributed by atoms with Crippen molar-refractivity contribution in [2.24, 2.45) is 0 Å².